The van der Waals surface area contributed by atoms with Crippen molar-refractivity contribution in [2.75, 3.05) is 13.2 Å². The van der Waals surface area contributed by atoms with Crippen molar-refractivity contribution < 1.29 is 28.6 Å². The van der Waals surface area contributed by atoms with Crippen LogP contribution in [-0.4, -0.2) is 37.2 Å². The molecule has 0 amide bonds. The topological polar surface area (TPSA) is 78.9 Å². The molecule has 75 heavy (non-hydrogen) atoms. The molecule has 434 valence electrons. The molecular formula is C69H122O6. The molecule has 0 aromatic rings. The lowest BCUT2D eigenvalue weighted by Gasteiger charge is -2.18. The molecule has 0 aliphatic rings. The summed E-state index contributed by atoms with van der Waals surface area (Å²) < 4.78 is 16.8. The van der Waals surface area contributed by atoms with Crippen LogP contribution in [0.2, 0.25) is 0 Å². The zero-order chi connectivity index (χ0) is 54.3. The number of hydrogen-bond donors (Lipinski definition) is 0. The first kappa shape index (κ1) is 71.8. The minimum absolute atomic E-state index is 0.0947. The van der Waals surface area contributed by atoms with Crippen LogP contribution in [-0.2, 0) is 28.6 Å². The molecule has 6 nitrogen and oxygen atoms in total. The van der Waals surface area contributed by atoms with Gasteiger partial charge in [0.15, 0.2) is 6.10 Å². The van der Waals surface area contributed by atoms with Gasteiger partial charge >= 0.3 is 17.9 Å². The third kappa shape index (κ3) is 61.6. The highest BCUT2D eigenvalue weighted by Crippen LogP contribution is 2.18. The molecule has 0 rings (SSSR count). The summed E-state index contributed by atoms with van der Waals surface area (Å²) in [4.78, 5) is 38.2. The first-order valence-corrected chi connectivity index (χ1v) is 32.4. The van der Waals surface area contributed by atoms with E-state index in [9.17, 15) is 14.4 Å². The van der Waals surface area contributed by atoms with E-state index < -0.39 is 6.10 Å². The van der Waals surface area contributed by atoms with Crippen molar-refractivity contribution in [2.45, 2.75) is 335 Å². The predicted octanol–water partition coefficient (Wildman–Crippen LogP) is 22.1. The van der Waals surface area contributed by atoms with Crippen LogP contribution in [0.1, 0.15) is 329 Å². The summed E-state index contributed by atoms with van der Waals surface area (Å²) in [6.07, 6.45) is 82.4. The van der Waals surface area contributed by atoms with E-state index in [4.69, 9.17) is 14.2 Å². The Hall–Kier alpha value is -3.15. The number of hydrogen-bond acceptors (Lipinski definition) is 6. The number of rotatable bonds is 59. The number of allylic oxidation sites excluding steroid dienone is 12. The van der Waals surface area contributed by atoms with Crippen molar-refractivity contribution in [3.8, 4) is 0 Å². The van der Waals surface area contributed by atoms with E-state index in [2.05, 4.69) is 93.7 Å². The summed E-state index contributed by atoms with van der Waals surface area (Å²) in [6.45, 7) is 6.39. The SMILES string of the molecule is CC/C=C\C/C=C\C/C=C\CCCCCC(=O)OCC(COC(=O)CCCCCCCCCCCCCCCCCCCCCCCCCCCCCCCCC)OC(=O)CCCCC/C=C\C/C=C\C/C=C\CC. The Morgan fingerprint density at radius 3 is 0.813 bits per heavy atom. The molecule has 0 bridgehead atoms. The maximum Gasteiger partial charge on any atom is 0.306 e. The number of ether oxygens (including phenoxy) is 3. The molecule has 6 heteroatoms. The van der Waals surface area contributed by atoms with E-state index in [1.165, 1.54) is 180 Å². The normalized spacial score (nSPS) is 12.5. The number of carbonyl (C=O) groups excluding carboxylic acids is 3. The van der Waals surface area contributed by atoms with Crippen molar-refractivity contribution in [3.05, 3.63) is 72.9 Å². The third-order valence-corrected chi connectivity index (χ3v) is 14.2. The standard InChI is InChI=1S/C69H122O6/c1-4-7-10-13-16-19-22-25-26-27-28-29-30-31-32-33-34-35-36-37-38-39-40-41-42-45-47-50-53-56-59-62-68(71)74-65-66(75-69(72)63-60-57-54-51-48-44-24-21-18-15-12-9-6-3)64-73-67(70)61-58-55-52-49-46-43-23-20-17-14-11-8-5-2/h8-9,11-12,17-18,20-21,43-44,46,48,66H,4-7,10,13-16,19,22-42,45,47,49-65H2,1-3H3/b11-8-,12-9-,20-17-,21-18-,46-43-,48-44-. The van der Waals surface area contributed by atoms with E-state index >= 15 is 0 Å². The van der Waals surface area contributed by atoms with Gasteiger partial charge < -0.3 is 14.2 Å². The van der Waals surface area contributed by atoms with Gasteiger partial charge in [-0.05, 0) is 83.5 Å². The van der Waals surface area contributed by atoms with E-state index in [-0.39, 0.29) is 37.5 Å². The first-order valence-electron chi connectivity index (χ1n) is 32.4. The lowest BCUT2D eigenvalue weighted by Crippen LogP contribution is -2.30. The number of carbonyl (C=O) groups is 3. The van der Waals surface area contributed by atoms with Crippen LogP contribution in [0, 0.1) is 0 Å². The molecule has 0 spiro atoms. The predicted molar refractivity (Wildman–Crippen MR) is 325 cm³/mol. The van der Waals surface area contributed by atoms with Crippen molar-refractivity contribution >= 4 is 17.9 Å². The second-order valence-electron chi connectivity index (χ2n) is 21.6. The van der Waals surface area contributed by atoms with E-state index in [0.29, 0.717) is 12.8 Å². The van der Waals surface area contributed by atoms with Crippen LogP contribution in [0.15, 0.2) is 72.9 Å². The molecule has 0 heterocycles. The largest absolute Gasteiger partial charge is 0.462 e. The number of unbranched alkanes of at least 4 members (excludes halogenated alkanes) is 36. The van der Waals surface area contributed by atoms with Crippen LogP contribution >= 0.6 is 0 Å². The highest BCUT2D eigenvalue weighted by Gasteiger charge is 2.19. The average molecular weight is 1050 g/mol. The van der Waals surface area contributed by atoms with Crippen LogP contribution in [0.3, 0.4) is 0 Å². The van der Waals surface area contributed by atoms with Crippen LogP contribution < -0.4 is 0 Å². The molecule has 0 aromatic heterocycles. The molecule has 0 radical (unpaired) electrons. The molecular weight excluding hydrogens is 925 g/mol. The minimum atomic E-state index is -0.802. The van der Waals surface area contributed by atoms with E-state index in [1.807, 2.05) is 0 Å². The van der Waals surface area contributed by atoms with E-state index in [1.54, 1.807) is 0 Å². The zero-order valence-corrected chi connectivity index (χ0v) is 49.8. The van der Waals surface area contributed by atoms with E-state index in [0.717, 1.165) is 109 Å². The van der Waals surface area contributed by atoms with Crippen LogP contribution in [0.4, 0.5) is 0 Å². The molecule has 1 unspecified atom stereocenters. The fourth-order valence-corrected chi connectivity index (χ4v) is 9.42. The molecule has 1 atom stereocenters. The van der Waals surface area contributed by atoms with Gasteiger partial charge in [0.2, 0.25) is 0 Å². The first-order chi connectivity index (χ1) is 37.0. The van der Waals surface area contributed by atoms with Gasteiger partial charge in [-0.15, -0.1) is 0 Å². The molecule has 0 N–H and O–H groups in total. The fourth-order valence-electron chi connectivity index (χ4n) is 9.42. The smallest absolute Gasteiger partial charge is 0.306 e. The summed E-state index contributed by atoms with van der Waals surface area (Å²) >= 11 is 0. The van der Waals surface area contributed by atoms with Gasteiger partial charge in [-0.1, -0.05) is 299 Å². The molecule has 0 fully saturated rings. The third-order valence-electron chi connectivity index (χ3n) is 14.2. The summed E-state index contributed by atoms with van der Waals surface area (Å²) in [5, 5.41) is 0. The van der Waals surface area contributed by atoms with Gasteiger partial charge in [0, 0.05) is 19.3 Å². The molecule has 0 aromatic carbocycles. The van der Waals surface area contributed by atoms with Gasteiger partial charge in [-0.2, -0.15) is 0 Å². The fraction of sp³-hybridized carbons (Fsp3) is 0.783. The van der Waals surface area contributed by atoms with Crippen molar-refractivity contribution in [1.82, 2.24) is 0 Å². The van der Waals surface area contributed by atoms with Crippen LogP contribution in [0.5, 0.6) is 0 Å². The lowest BCUT2D eigenvalue weighted by molar-refractivity contribution is -0.167. The molecule has 0 saturated carbocycles. The molecule has 0 saturated heterocycles. The van der Waals surface area contributed by atoms with Gasteiger partial charge in [0.1, 0.15) is 13.2 Å². The van der Waals surface area contributed by atoms with Gasteiger partial charge in [0.25, 0.3) is 0 Å². The Labute approximate surface area is 465 Å². The van der Waals surface area contributed by atoms with Gasteiger partial charge in [-0.25, -0.2) is 0 Å². The Kier molecular flexibility index (Phi) is 60.7. The molecule has 0 aliphatic heterocycles. The summed E-state index contributed by atoms with van der Waals surface area (Å²) in [5.74, 6) is -0.944. The quantitative estimate of drug-likeness (QED) is 0.0261. The zero-order valence-electron chi connectivity index (χ0n) is 49.8. The minimum Gasteiger partial charge on any atom is -0.462 e. The highest BCUT2D eigenvalue weighted by molar-refractivity contribution is 5.71. The Morgan fingerprint density at radius 2 is 0.520 bits per heavy atom. The van der Waals surface area contributed by atoms with Crippen molar-refractivity contribution in [2.24, 2.45) is 0 Å². The van der Waals surface area contributed by atoms with Gasteiger partial charge in [0.05, 0.1) is 0 Å². The Bertz CT molecular complexity index is 1390. The molecule has 0 aliphatic carbocycles. The average Bonchev–Trinajstić information content (AvgIpc) is 3.41. The summed E-state index contributed by atoms with van der Waals surface area (Å²) in [5.41, 5.74) is 0. The van der Waals surface area contributed by atoms with Gasteiger partial charge in [-0.3, -0.25) is 14.4 Å². The second kappa shape index (κ2) is 63.4. The van der Waals surface area contributed by atoms with Crippen molar-refractivity contribution in [1.29, 1.82) is 0 Å². The maximum absolute atomic E-state index is 12.8. The highest BCUT2D eigenvalue weighted by atomic mass is 16.6. The lowest BCUT2D eigenvalue weighted by atomic mass is 10.0. The summed E-state index contributed by atoms with van der Waals surface area (Å²) in [6, 6.07) is 0. The Balaban J connectivity index is 4.12. The maximum atomic E-state index is 12.8. The van der Waals surface area contributed by atoms with Crippen LogP contribution in [0.25, 0.3) is 0 Å². The number of esters is 3. The summed E-state index contributed by atoms with van der Waals surface area (Å²) in [7, 11) is 0. The Morgan fingerprint density at radius 1 is 0.280 bits per heavy atom. The van der Waals surface area contributed by atoms with Crippen molar-refractivity contribution in [3.63, 3.8) is 0 Å². The monoisotopic (exact) mass is 1050 g/mol. The second-order valence-corrected chi connectivity index (χ2v) is 21.6.